The molecule has 0 bridgehead atoms. The Morgan fingerprint density at radius 2 is 2.06 bits per heavy atom. The number of carbonyl (C=O) groups excluding carboxylic acids is 2. The van der Waals surface area contributed by atoms with Crippen LogP contribution in [0.3, 0.4) is 0 Å². The number of amides is 2. The molecule has 16 heavy (non-hydrogen) atoms. The summed E-state index contributed by atoms with van der Waals surface area (Å²) < 4.78 is 10.5. The number of benzene rings is 1. The van der Waals surface area contributed by atoms with Crippen LogP contribution in [0, 0.1) is 0 Å². The van der Waals surface area contributed by atoms with Gasteiger partial charge in [-0.15, -0.1) is 0 Å². The molecule has 0 fully saturated rings. The standard InChI is InChI=1S/C11H7NO4/c13-9-4-7(11(14)12-9)6-2-1-3-8-10(6)16-5-15-8/h1-4H,5H2,(H,12,13,14). The molecule has 2 amide bonds. The summed E-state index contributed by atoms with van der Waals surface area (Å²) in [5, 5.41) is 2.19. The predicted molar refractivity (Wildman–Crippen MR) is 53.7 cm³/mol. The topological polar surface area (TPSA) is 64.6 Å². The Morgan fingerprint density at radius 1 is 1.19 bits per heavy atom. The lowest BCUT2D eigenvalue weighted by molar-refractivity contribution is -0.123. The highest BCUT2D eigenvalue weighted by molar-refractivity contribution is 6.34. The molecule has 0 aliphatic carbocycles. The minimum absolute atomic E-state index is 0.134. The molecule has 3 rings (SSSR count). The van der Waals surface area contributed by atoms with E-state index in [2.05, 4.69) is 5.32 Å². The van der Waals surface area contributed by atoms with E-state index in [-0.39, 0.29) is 6.79 Å². The SMILES string of the molecule is O=C1C=C(c2cccc3c2OCO3)C(=O)N1. The maximum absolute atomic E-state index is 11.5. The first-order chi connectivity index (χ1) is 7.75. The second-order valence-electron chi connectivity index (χ2n) is 3.42. The van der Waals surface area contributed by atoms with E-state index in [0.29, 0.717) is 22.6 Å². The van der Waals surface area contributed by atoms with E-state index in [1.807, 2.05) is 0 Å². The van der Waals surface area contributed by atoms with Gasteiger partial charge in [-0.3, -0.25) is 14.9 Å². The number of hydrogen-bond acceptors (Lipinski definition) is 4. The number of carbonyl (C=O) groups is 2. The third-order valence-corrected chi connectivity index (χ3v) is 2.44. The maximum atomic E-state index is 11.5. The Bertz CT molecular complexity index is 533. The van der Waals surface area contributed by atoms with Crippen molar-refractivity contribution in [3.05, 3.63) is 29.8 Å². The van der Waals surface area contributed by atoms with Crippen molar-refractivity contribution in [1.82, 2.24) is 5.32 Å². The van der Waals surface area contributed by atoms with E-state index in [1.54, 1.807) is 18.2 Å². The molecule has 1 N–H and O–H groups in total. The third-order valence-electron chi connectivity index (χ3n) is 2.44. The molecular formula is C11H7NO4. The van der Waals surface area contributed by atoms with Crippen LogP contribution in [0.15, 0.2) is 24.3 Å². The number of hydrogen-bond donors (Lipinski definition) is 1. The van der Waals surface area contributed by atoms with E-state index < -0.39 is 11.8 Å². The average Bonchev–Trinajstić information content (AvgIpc) is 2.84. The molecule has 5 heteroatoms. The Balaban J connectivity index is 2.14. The fourth-order valence-corrected chi connectivity index (χ4v) is 1.75. The summed E-state index contributed by atoms with van der Waals surface area (Å²) in [6, 6.07) is 5.22. The molecule has 1 aromatic rings. The molecule has 2 heterocycles. The fourth-order valence-electron chi connectivity index (χ4n) is 1.75. The van der Waals surface area contributed by atoms with Crippen molar-refractivity contribution in [2.75, 3.05) is 6.79 Å². The molecule has 5 nitrogen and oxygen atoms in total. The number of para-hydroxylation sites is 1. The quantitative estimate of drug-likeness (QED) is 0.694. The van der Waals surface area contributed by atoms with Crippen LogP contribution in [0.2, 0.25) is 0 Å². The molecule has 0 saturated heterocycles. The Kier molecular flexibility index (Phi) is 1.73. The summed E-state index contributed by atoms with van der Waals surface area (Å²) in [7, 11) is 0. The normalized spacial score (nSPS) is 17.4. The van der Waals surface area contributed by atoms with Crippen molar-refractivity contribution in [2.45, 2.75) is 0 Å². The van der Waals surface area contributed by atoms with Crippen LogP contribution in [-0.2, 0) is 9.59 Å². The van der Waals surface area contributed by atoms with Crippen molar-refractivity contribution >= 4 is 17.4 Å². The summed E-state index contributed by atoms with van der Waals surface area (Å²) in [5.74, 6) is 0.287. The number of ether oxygens (including phenoxy) is 2. The van der Waals surface area contributed by atoms with Gasteiger partial charge in [-0.1, -0.05) is 12.1 Å². The Labute approximate surface area is 90.7 Å². The molecule has 0 radical (unpaired) electrons. The molecular weight excluding hydrogens is 210 g/mol. The van der Waals surface area contributed by atoms with Gasteiger partial charge in [-0.2, -0.15) is 0 Å². The molecule has 2 aliphatic rings. The second-order valence-corrected chi connectivity index (χ2v) is 3.42. The molecule has 0 atom stereocenters. The number of imide groups is 1. The zero-order valence-electron chi connectivity index (χ0n) is 8.15. The van der Waals surface area contributed by atoms with Gasteiger partial charge in [0.05, 0.1) is 5.57 Å². The molecule has 2 aliphatic heterocycles. The van der Waals surface area contributed by atoms with Crippen molar-refractivity contribution < 1.29 is 19.1 Å². The van der Waals surface area contributed by atoms with Gasteiger partial charge in [0.2, 0.25) is 6.79 Å². The van der Waals surface area contributed by atoms with Crippen LogP contribution in [0.25, 0.3) is 5.57 Å². The summed E-state index contributed by atoms with van der Waals surface area (Å²) in [4.78, 5) is 22.5. The lowest BCUT2D eigenvalue weighted by Crippen LogP contribution is -2.21. The van der Waals surface area contributed by atoms with Crippen LogP contribution >= 0.6 is 0 Å². The number of fused-ring (bicyclic) bond motifs is 1. The maximum Gasteiger partial charge on any atom is 0.259 e. The van der Waals surface area contributed by atoms with E-state index in [9.17, 15) is 9.59 Å². The zero-order valence-corrected chi connectivity index (χ0v) is 8.15. The van der Waals surface area contributed by atoms with Crippen LogP contribution < -0.4 is 14.8 Å². The van der Waals surface area contributed by atoms with Gasteiger partial charge in [0.15, 0.2) is 11.5 Å². The van der Waals surface area contributed by atoms with Gasteiger partial charge in [0, 0.05) is 11.6 Å². The second kappa shape index (κ2) is 3.10. The largest absolute Gasteiger partial charge is 0.454 e. The first-order valence-corrected chi connectivity index (χ1v) is 4.72. The predicted octanol–water partition coefficient (Wildman–Crippen LogP) is 0.455. The molecule has 80 valence electrons. The van der Waals surface area contributed by atoms with E-state index >= 15 is 0 Å². The number of nitrogens with one attached hydrogen (secondary N) is 1. The fraction of sp³-hybridized carbons (Fsp3) is 0.0909. The van der Waals surface area contributed by atoms with Crippen LogP contribution in [0.4, 0.5) is 0 Å². The lowest BCUT2D eigenvalue weighted by Gasteiger charge is -2.04. The summed E-state index contributed by atoms with van der Waals surface area (Å²) in [6.45, 7) is 0.134. The van der Waals surface area contributed by atoms with Gasteiger partial charge in [0.1, 0.15) is 0 Å². The van der Waals surface area contributed by atoms with Gasteiger partial charge in [0.25, 0.3) is 11.8 Å². The zero-order chi connectivity index (χ0) is 11.1. The van der Waals surface area contributed by atoms with Gasteiger partial charge >= 0.3 is 0 Å². The third kappa shape index (κ3) is 1.18. The summed E-state index contributed by atoms with van der Waals surface area (Å²) in [5.41, 5.74) is 0.894. The van der Waals surface area contributed by atoms with E-state index in [1.165, 1.54) is 6.08 Å². The lowest BCUT2D eigenvalue weighted by atomic mass is 10.0. The summed E-state index contributed by atoms with van der Waals surface area (Å²) in [6.07, 6.45) is 1.26. The molecule has 0 unspecified atom stereocenters. The van der Waals surface area contributed by atoms with Gasteiger partial charge in [-0.05, 0) is 6.07 Å². The van der Waals surface area contributed by atoms with Gasteiger partial charge < -0.3 is 9.47 Å². The van der Waals surface area contributed by atoms with Crippen molar-refractivity contribution in [1.29, 1.82) is 0 Å². The first kappa shape index (κ1) is 8.96. The highest BCUT2D eigenvalue weighted by Gasteiger charge is 2.27. The van der Waals surface area contributed by atoms with E-state index in [0.717, 1.165) is 0 Å². The van der Waals surface area contributed by atoms with Gasteiger partial charge in [-0.25, -0.2) is 0 Å². The van der Waals surface area contributed by atoms with Crippen LogP contribution in [0.5, 0.6) is 11.5 Å². The van der Waals surface area contributed by atoms with Crippen LogP contribution in [-0.4, -0.2) is 18.6 Å². The van der Waals surface area contributed by atoms with Crippen molar-refractivity contribution in [2.24, 2.45) is 0 Å². The van der Waals surface area contributed by atoms with Crippen molar-refractivity contribution in [3.8, 4) is 11.5 Å². The van der Waals surface area contributed by atoms with Crippen molar-refractivity contribution in [3.63, 3.8) is 0 Å². The highest BCUT2D eigenvalue weighted by Crippen LogP contribution is 2.39. The Morgan fingerprint density at radius 3 is 2.81 bits per heavy atom. The minimum atomic E-state index is -0.408. The molecule has 0 spiro atoms. The first-order valence-electron chi connectivity index (χ1n) is 4.72. The number of rotatable bonds is 1. The summed E-state index contributed by atoms with van der Waals surface area (Å²) >= 11 is 0. The van der Waals surface area contributed by atoms with E-state index in [4.69, 9.17) is 9.47 Å². The monoisotopic (exact) mass is 217 g/mol. The molecule has 0 saturated carbocycles. The highest BCUT2D eigenvalue weighted by atomic mass is 16.7. The van der Waals surface area contributed by atoms with Crippen LogP contribution in [0.1, 0.15) is 5.56 Å². The minimum Gasteiger partial charge on any atom is -0.454 e. The average molecular weight is 217 g/mol. The molecule has 0 aromatic heterocycles. The molecule has 1 aromatic carbocycles. The smallest absolute Gasteiger partial charge is 0.259 e. The Hall–Kier alpha value is -2.30.